The van der Waals surface area contributed by atoms with Gasteiger partial charge in [0.1, 0.15) is 0 Å². The Kier molecular flexibility index (Phi) is 2.46. The number of aryl methyl sites for hydroxylation is 1. The van der Waals surface area contributed by atoms with Gasteiger partial charge in [0.2, 0.25) is 5.55 Å². The van der Waals surface area contributed by atoms with Gasteiger partial charge in [-0.1, -0.05) is 30.3 Å². The molecule has 0 saturated heterocycles. The first kappa shape index (κ1) is 9.77. The summed E-state index contributed by atoms with van der Waals surface area (Å²) in [7, 11) is 3.63. The van der Waals surface area contributed by atoms with Gasteiger partial charge in [-0.15, -0.1) is 0 Å². The van der Waals surface area contributed by atoms with Crippen molar-refractivity contribution < 1.29 is 4.52 Å². The van der Waals surface area contributed by atoms with Crippen molar-refractivity contribution in [3.8, 4) is 11.3 Å². The first-order valence-electron chi connectivity index (χ1n) is 4.89. The van der Waals surface area contributed by atoms with E-state index in [1.807, 2.05) is 32.2 Å². The molecule has 0 aliphatic carbocycles. The van der Waals surface area contributed by atoms with Gasteiger partial charge >= 0.3 is 0 Å². The second kappa shape index (κ2) is 3.77. The smallest absolute Gasteiger partial charge is 0.246 e. The lowest BCUT2D eigenvalue weighted by Gasteiger charge is -2.01. The fourth-order valence-corrected chi connectivity index (χ4v) is 1.78. The van der Waals surface area contributed by atoms with Gasteiger partial charge in [0.25, 0.3) is 0 Å². The van der Waals surface area contributed by atoms with Crippen LogP contribution in [0.1, 0.15) is 5.56 Å². The van der Waals surface area contributed by atoms with E-state index in [2.05, 4.69) is 17.1 Å². The van der Waals surface area contributed by atoms with E-state index >= 15 is 0 Å². The quantitative estimate of drug-likeness (QED) is 0.696. The third-order valence-electron chi connectivity index (χ3n) is 2.46. The van der Waals surface area contributed by atoms with Crippen molar-refractivity contribution in [2.24, 2.45) is 12.0 Å². The summed E-state index contributed by atoms with van der Waals surface area (Å²) in [5.41, 5.74) is 4.00. The zero-order valence-electron chi connectivity index (χ0n) is 9.19. The van der Waals surface area contributed by atoms with E-state index in [0.29, 0.717) is 5.55 Å². The summed E-state index contributed by atoms with van der Waals surface area (Å²) in [5.74, 6) is 0. The minimum Gasteiger partial charge on any atom is -0.359 e. The van der Waals surface area contributed by atoms with E-state index in [9.17, 15) is 0 Å². The van der Waals surface area contributed by atoms with E-state index in [1.54, 1.807) is 11.8 Å². The highest BCUT2D eigenvalue weighted by molar-refractivity contribution is 5.62. The lowest BCUT2D eigenvalue weighted by Crippen LogP contribution is -1.99. The normalized spacial score (nSPS) is 12.1. The van der Waals surface area contributed by atoms with E-state index in [-0.39, 0.29) is 0 Å². The van der Waals surface area contributed by atoms with Crippen LogP contribution in [-0.4, -0.2) is 11.8 Å². The van der Waals surface area contributed by atoms with Crippen LogP contribution in [0.2, 0.25) is 0 Å². The number of aromatic nitrogens is 1. The van der Waals surface area contributed by atoms with Crippen molar-refractivity contribution in [3.63, 3.8) is 0 Å². The van der Waals surface area contributed by atoms with Crippen molar-refractivity contribution in [1.82, 2.24) is 4.74 Å². The number of nitrogens with zero attached hydrogens (tertiary/aromatic N) is 2. The Morgan fingerprint density at radius 2 is 1.87 bits per heavy atom. The fraction of sp³-hybridized carbons (Fsp3) is 0.250. The maximum absolute atomic E-state index is 5.50. The molecule has 15 heavy (non-hydrogen) atoms. The Morgan fingerprint density at radius 1 is 1.20 bits per heavy atom. The molecule has 78 valence electrons. The van der Waals surface area contributed by atoms with Crippen LogP contribution in [0, 0.1) is 6.92 Å². The topological polar surface area (TPSA) is 30.4 Å². The summed E-state index contributed by atoms with van der Waals surface area (Å²) < 4.78 is 7.26. The van der Waals surface area contributed by atoms with Crippen molar-refractivity contribution in [2.75, 3.05) is 7.05 Å². The van der Waals surface area contributed by atoms with Gasteiger partial charge < -0.3 is 4.52 Å². The van der Waals surface area contributed by atoms with Crippen molar-refractivity contribution in [1.29, 1.82) is 0 Å². The van der Waals surface area contributed by atoms with Gasteiger partial charge in [-0.25, -0.2) is 4.74 Å². The summed E-state index contributed by atoms with van der Waals surface area (Å²) in [6.07, 6.45) is 0. The molecule has 1 heterocycles. The van der Waals surface area contributed by atoms with Crippen LogP contribution >= 0.6 is 0 Å². The van der Waals surface area contributed by atoms with Crippen LogP contribution in [0.25, 0.3) is 11.3 Å². The molecule has 2 rings (SSSR count). The Hall–Kier alpha value is -1.77. The first-order valence-corrected chi connectivity index (χ1v) is 4.89. The third-order valence-corrected chi connectivity index (χ3v) is 2.46. The second-order valence-electron chi connectivity index (χ2n) is 3.46. The molecular formula is C12H14N2O. The molecule has 0 saturated carbocycles. The van der Waals surface area contributed by atoms with Gasteiger partial charge in [-0.3, -0.25) is 4.99 Å². The highest BCUT2D eigenvalue weighted by Crippen LogP contribution is 2.20. The molecule has 0 fully saturated rings. The molecule has 0 amide bonds. The molecule has 0 radical (unpaired) electrons. The van der Waals surface area contributed by atoms with Crippen LogP contribution in [0.4, 0.5) is 0 Å². The van der Waals surface area contributed by atoms with Gasteiger partial charge in [-0.05, 0) is 6.92 Å². The van der Waals surface area contributed by atoms with Crippen molar-refractivity contribution in [2.45, 2.75) is 6.92 Å². The van der Waals surface area contributed by atoms with E-state index < -0.39 is 0 Å². The monoisotopic (exact) mass is 202 g/mol. The number of benzene rings is 1. The number of rotatable bonds is 1. The standard InChI is InChI=1S/C12H14N2O/c1-9-11(10-7-5-4-6-8-10)14(3)15-12(9)13-2/h4-8H,1-3H3. The highest BCUT2D eigenvalue weighted by Gasteiger charge is 2.10. The summed E-state index contributed by atoms with van der Waals surface area (Å²) in [6, 6.07) is 10.2. The molecule has 0 aliphatic rings. The maximum atomic E-state index is 5.50. The van der Waals surface area contributed by atoms with Crippen LogP contribution in [0.3, 0.4) is 0 Å². The average molecular weight is 202 g/mol. The van der Waals surface area contributed by atoms with Crippen LogP contribution in [-0.2, 0) is 7.05 Å². The van der Waals surface area contributed by atoms with E-state index in [1.165, 1.54) is 0 Å². The minimum atomic E-state index is 0.691. The maximum Gasteiger partial charge on any atom is 0.246 e. The summed E-state index contributed by atoms with van der Waals surface area (Å²) in [5, 5.41) is 0. The molecule has 3 heteroatoms. The molecular weight excluding hydrogens is 188 g/mol. The van der Waals surface area contributed by atoms with E-state index in [4.69, 9.17) is 4.52 Å². The fourth-order valence-electron chi connectivity index (χ4n) is 1.78. The number of hydrogen-bond acceptors (Lipinski definition) is 2. The van der Waals surface area contributed by atoms with Gasteiger partial charge in [0.05, 0.1) is 5.69 Å². The molecule has 2 aromatic rings. The van der Waals surface area contributed by atoms with Crippen LogP contribution < -0.4 is 5.55 Å². The molecule has 0 atom stereocenters. The molecule has 0 aliphatic heterocycles. The molecule has 0 unspecified atom stereocenters. The van der Waals surface area contributed by atoms with E-state index in [0.717, 1.165) is 16.8 Å². The zero-order valence-corrected chi connectivity index (χ0v) is 9.19. The molecule has 1 aromatic carbocycles. The molecule has 0 spiro atoms. The van der Waals surface area contributed by atoms with Gasteiger partial charge in [0.15, 0.2) is 0 Å². The molecule has 0 bridgehead atoms. The van der Waals surface area contributed by atoms with Crippen LogP contribution in [0.15, 0.2) is 39.8 Å². The highest BCUT2D eigenvalue weighted by atomic mass is 16.5. The predicted molar refractivity (Wildman–Crippen MR) is 59.3 cm³/mol. The lowest BCUT2D eigenvalue weighted by atomic mass is 10.1. The van der Waals surface area contributed by atoms with Gasteiger partial charge in [-0.2, -0.15) is 0 Å². The molecule has 1 aromatic heterocycles. The zero-order chi connectivity index (χ0) is 10.8. The summed E-state index contributed by atoms with van der Waals surface area (Å²) in [4.78, 5) is 4.09. The Morgan fingerprint density at radius 3 is 2.40 bits per heavy atom. The Bertz CT molecular complexity index is 520. The Balaban J connectivity index is 2.69. The molecule has 0 N–H and O–H groups in total. The minimum absolute atomic E-state index is 0.691. The summed E-state index contributed by atoms with van der Waals surface area (Å²) in [6.45, 7) is 2.02. The first-order chi connectivity index (χ1) is 7.24. The van der Waals surface area contributed by atoms with Gasteiger partial charge in [0, 0.05) is 25.2 Å². The second-order valence-corrected chi connectivity index (χ2v) is 3.46. The SMILES string of the molecule is CN=c1on(C)c(-c2ccccc2)c1C. The van der Waals surface area contributed by atoms with Crippen molar-refractivity contribution in [3.05, 3.63) is 41.4 Å². The Labute approximate surface area is 88.7 Å². The summed E-state index contributed by atoms with van der Waals surface area (Å²) >= 11 is 0. The number of hydrogen-bond donors (Lipinski definition) is 0. The third kappa shape index (κ3) is 1.61. The van der Waals surface area contributed by atoms with Crippen molar-refractivity contribution >= 4 is 0 Å². The molecule has 3 nitrogen and oxygen atoms in total. The van der Waals surface area contributed by atoms with Crippen LogP contribution in [0.5, 0.6) is 0 Å². The predicted octanol–water partition coefficient (Wildman–Crippen LogP) is 2.12. The largest absolute Gasteiger partial charge is 0.359 e. The lowest BCUT2D eigenvalue weighted by molar-refractivity contribution is 0.281. The average Bonchev–Trinajstić information content (AvgIpc) is 2.55.